The fourth-order valence-electron chi connectivity index (χ4n) is 3.05. The predicted molar refractivity (Wildman–Crippen MR) is 121 cm³/mol. The summed E-state index contributed by atoms with van der Waals surface area (Å²) in [5.74, 6) is -0.366. The number of hydrogen-bond acceptors (Lipinski definition) is 6. The van der Waals surface area contributed by atoms with Gasteiger partial charge in [0.2, 0.25) is 0 Å². The van der Waals surface area contributed by atoms with Gasteiger partial charge in [-0.05, 0) is 42.0 Å². The van der Waals surface area contributed by atoms with E-state index in [4.69, 9.17) is 20.6 Å². The summed E-state index contributed by atoms with van der Waals surface area (Å²) in [5, 5.41) is 29.5. The van der Waals surface area contributed by atoms with Crippen LogP contribution in [-0.2, 0) is 11.4 Å². The number of nitrogens with two attached hydrogens (primary N) is 1. The SMILES string of the molecule is N=C(N)c1ccc(NC(C(=O)O)c2ccc(OCc3ccccc3)cc2OCCO)cc1. The molecule has 0 aromatic heterocycles. The number of aliphatic hydroxyl groups is 1. The van der Waals surface area contributed by atoms with Crippen LogP contribution in [0.1, 0.15) is 22.7 Å². The fourth-order valence-corrected chi connectivity index (χ4v) is 3.05. The highest BCUT2D eigenvalue weighted by Gasteiger charge is 2.24. The maximum atomic E-state index is 12.0. The molecule has 3 rings (SSSR count). The standard InChI is InChI=1S/C24H25N3O5/c25-23(26)17-6-8-18(9-7-17)27-22(24(29)30)20-11-10-19(14-21(20)31-13-12-28)32-15-16-4-2-1-3-5-16/h1-11,14,22,27-28H,12-13,15H2,(H3,25,26)(H,29,30). The first-order valence-corrected chi connectivity index (χ1v) is 9.96. The number of carbonyl (C=O) groups is 1. The third-order valence-corrected chi connectivity index (χ3v) is 4.65. The van der Waals surface area contributed by atoms with Crippen LogP contribution in [-0.4, -0.2) is 35.2 Å². The molecule has 0 aliphatic rings. The number of aliphatic carboxylic acids is 1. The Hall–Kier alpha value is -4.04. The van der Waals surface area contributed by atoms with Gasteiger partial charge in [-0.25, -0.2) is 4.79 Å². The van der Waals surface area contributed by atoms with Crippen molar-refractivity contribution in [2.75, 3.05) is 18.5 Å². The zero-order chi connectivity index (χ0) is 22.9. The topological polar surface area (TPSA) is 138 Å². The Morgan fingerprint density at radius 1 is 1.03 bits per heavy atom. The largest absolute Gasteiger partial charge is 0.491 e. The zero-order valence-corrected chi connectivity index (χ0v) is 17.3. The van der Waals surface area contributed by atoms with Crippen molar-refractivity contribution in [1.29, 1.82) is 5.41 Å². The molecule has 0 heterocycles. The van der Waals surface area contributed by atoms with Crippen molar-refractivity contribution in [2.45, 2.75) is 12.6 Å². The van der Waals surface area contributed by atoms with Crippen LogP contribution in [0.3, 0.4) is 0 Å². The van der Waals surface area contributed by atoms with Crippen molar-refractivity contribution in [3.8, 4) is 11.5 Å². The molecule has 0 amide bonds. The van der Waals surface area contributed by atoms with Crippen LogP contribution in [0.15, 0.2) is 72.8 Å². The summed E-state index contributed by atoms with van der Waals surface area (Å²) in [6, 6.07) is 20.0. The second-order valence-electron chi connectivity index (χ2n) is 6.95. The number of anilines is 1. The van der Waals surface area contributed by atoms with E-state index in [1.807, 2.05) is 30.3 Å². The maximum Gasteiger partial charge on any atom is 0.330 e. The van der Waals surface area contributed by atoms with Gasteiger partial charge in [0.1, 0.15) is 30.5 Å². The van der Waals surface area contributed by atoms with Gasteiger partial charge in [0.05, 0.1) is 6.61 Å². The molecule has 0 radical (unpaired) electrons. The van der Waals surface area contributed by atoms with Crippen LogP contribution in [0.5, 0.6) is 11.5 Å². The summed E-state index contributed by atoms with van der Waals surface area (Å²) in [7, 11) is 0. The highest BCUT2D eigenvalue weighted by molar-refractivity contribution is 5.95. The van der Waals surface area contributed by atoms with Crippen LogP contribution in [0, 0.1) is 5.41 Å². The van der Waals surface area contributed by atoms with E-state index in [-0.39, 0.29) is 19.0 Å². The lowest BCUT2D eigenvalue weighted by molar-refractivity contribution is -0.138. The zero-order valence-electron chi connectivity index (χ0n) is 17.3. The molecule has 1 atom stereocenters. The number of amidine groups is 1. The summed E-state index contributed by atoms with van der Waals surface area (Å²) < 4.78 is 11.4. The van der Waals surface area contributed by atoms with Gasteiger partial charge in [0, 0.05) is 22.9 Å². The Balaban J connectivity index is 1.84. The molecule has 1 unspecified atom stereocenters. The first-order chi connectivity index (χ1) is 15.5. The lowest BCUT2D eigenvalue weighted by Crippen LogP contribution is -2.22. The third kappa shape index (κ3) is 5.99. The molecule has 32 heavy (non-hydrogen) atoms. The Morgan fingerprint density at radius 2 is 1.75 bits per heavy atom. The lowest BCUT2D eigenvalue weighted by atomic mass is 10.0. The molecular formula is C24H25N3O5. The molecule has 8 nitrogen and oxygen atoms in total. The number of carboxylic acid groups (broad SMARTS) is 1. The molecule has 166 valence electrons. The number of rotatable bonds is 11. The Bertz CT molecular complexity index is 1050. The average Bonchev–Trinajstić information content (AvgIpc) is 2.81. The normalized spacial score (nSPS) is 11.4. The molecule has 0 saturated heterocycles. The van der Waals surface area contributed by atoms with Crippen LogP contribution in [0.25, 0.3) is 0 Å². The van der Waals surface area contributed by atoms with Crippen LogP contribution >= 0.6 is 0 Å². The molecule has 0 fully saturated rings. The summed E-state index contributed by atoms with van der Waals surface area (Å²) in [5.41, 5.74) is 7.92. The van der Waals surface area contributed by atoms with E-state index >= 15 is 0 Å². The first kappa shape index (κ1) is 22.6. The van der Waals surface area contributed by atoms with E-state index in [1.54, 1.807) is 42.5 Å². The van der Waals surface area contributed by atoms with Gasteiger partial charge >= 0.3 is 5.97 Å². The highest BCUT2D eigenvalue weighted by atomic mass is 16.5. The summed E-state index contributed by atoms with van der Waals surface area (Å²) in [6.45, 7) is 0.143. The molecule has 0 aliphatic carbocycles. The molecule has 0 spiro atoms. The lowest BCUT2D eigenvalue weighted by Gasteiger charge is -2.20. The minimum Gasteiger partial charge on any atom is -0.491 e. The third-order valence-electron chi connectivity index (χ3n) is 4.65. The minimum atomic E-state index is -1.12. The summed E-state index contributed by atoms with van der Waals surface area (Å²) in [6.07, 6.45) is 0. The van der Waals surface area contributed by atoms with Crippen LogP contribution in [0.4, 0.5) is 5.69 Å². The van der Waals surface area contributed by atoms with E-state index in [1.165, 1.54) is 0 Å². The summed E-state index contributed by atoms with van der Waals surface area (Å²) >= 11 is 0. The number of aliphatic hydroxyl groups excluding tert-OH is 1. The Kier molecular flexibility index (Phi) is 7.66. The predicted octanol–water partition coefficient (Wildman–Crippen LogP) is 3.16. The van der Waals surface area contributed by atoms with Gasteiger partial charge < -0.3 is 30.7 Å². The van der Waals surface area contributed by atoms with Crippen molar-refractivity contribution in [3.63, 3.8) is 0 Å². The molecule has 8 heteroatoms. The van der Waals surface area contributed by atoms with Gasteiger partial charge in [0.25, 0.3) is 0 Å². The van der Waals surface area contributed by atoms with Crippen molar-refractivity contribution in [3.05, 3.63) is 89.5 Å². The van der Waals surface area contributed by atoms with Crippen LogP contribution in [0.2, 0.25) is 0 Å². The second-order valence-corrected chi connectivity index (χ2v) is 6.95. The number of carboxylic acids is 1. The number of benzene rings is 3. The van der Waals surface area contributed by atoms with Crippen molar-refractivity contribution < 1.29 is 24.5 Å². The number of ether oxygens (including phenoxy) is 2. The molecule has 0 saturated carbocycles. The van der Waals surface area contributed by atoms with E-state index in [0.717, 1.165) is 5.56 Å². The number of nitrogen functional groups attached to an aromatic ring is 1. The number of hydrogen-bond donors (Lipinski definition) is 5. The molecule has 6 N–H and O–H groups in total. The second kappa shape index (κ2) is 10.8. The van der Waals surface area contributed by atoms with E-state index < -0.39 is 12.0 Å². The Labute approximate surface area is 185 Å². The molecule has 0 aliphatic heterocycles. The van der Waals surface area contributed by atoms with E-state index in [0.29, 0.717) is 34.9 Å². The monoisotopic (exact) mass is 435 g/mol. The van der Waals surface area contributed by atoms with E-state index in [9.17, 15) is 15.0 Å². The Morgan fingerprint density at radius 3 is 2.38 bits per heavy atom. The van der Waals surface area contributed by atoms with Gasteiger partial charge in [-0.3, -0.25) is 5.41 Å². The first-order valence-electron chi connectivity index (χ1n) is 9.96. The quantitative estimate of drug-likeness (QED) is 0.230. The summed E-state index contributed by atoms with van der Waals surface area (Å²) in [4.78, 5) is 12.0. The van der Waals surface area contributed by atoms with Crippen molar-refractivity contribution in [1.82, 2.24) is 0 Å². The maximum absolute atomic E-state index is 12.0. The highest BCUT2D eigenvalue weighted by Crippen LogP contribution is 2.32. The van der Waals surface area contributed by atoms with E-state index in [2.05, 4.69) is 5.32 Å². The van der Waals surface area contributed by atoms with Gasteiger partial charge in [-0.1, -0.05) is 30.3 Å². The molecule has 3 aromatic carbocycles. The fraction of sp³-hybridized carbons (Fsp3) is 0.167. The average molecular weight is 435 g/mol. The van der Waals surface area contributed by atoms with Gasteiger partial charge in [0.15, 0.2) is 6.04 Å². The number of nitrogens with one attached hydrogen (secondary N) is 2. The van der Waals surface area contributed by atoms with Gasteiger partial charge in [-0.2, -0.15) is 0 Å². The van der Waals surface area contributed by atoms with Crippen molar-refractivity contribution >= 4 is 17.5 Å². The molecule has 3 aromatic rings. The smallest absolute Gasteiger partial charge is 0.330 e. The molecule has 0 bridgehead atoms. The minimum absolute atomic E-state index is 0.00872. The van der Waals surface area contributed by atoms with Gasteiger partial charge in [-0.15, -0.1) is 0 Å². The molecular weight excluding hydrogens is 410 g/mol. The van der Waals surface area contributed by atoms with Crippen molar-refractivity contribution in [2.24, 2.45) is 5.73 Å². The van der Waals surface area contributed by atoms with Crippen LogP contribution < -0.4 is 20.5 Å².